The van der Waals surface area contributed by atoms with Crippen LogP contribution >= 0.6 is 0 Å². The SMILES string of the molecule is COc1ccc(S(=O)(=O)Nc2ccc(C(=O)NC3CCCCC3)cc2)cc1. The van der Waals surface area contributed by atoms with Crippen LogP contribution in [0.25, 0.3) is 0 Å². The zero-order valence-corrected chi connectivity index (χ0v) is 16.1. The summed E-state index contributed by atoms with van der Waals surface area (Å²) in [6.07, 6.45) is 5.57. The number of rotatable bonds is 6. The molecule has 0 unspecified atom stereocenters. The van der Waals surface area contributed by atoms with Gasteiger partial charge in [-0.15, -0.1) is 0 Å². The molecule has 3 rings (SSSR count). The normalized spacial score (nSPS) is 15.1. The van der Waals surface area contributed by atoms with Crippen LogP contribution in [0.4, 0.5) is 5.69 Å². The third-order valence-corrected chi connectivity index (χ3v) is 6.11. The topological polar surface area (TPSA) is 84.5 Å². The van der Waals surface area contributed by atoms with Crippen molar-refractivity contribution < 1.29 is 17.9 Å². The van der Waals surface area contributed by atoms with E-state index in [1.807, 2.05) is 0 Å². The van der Waals surface area contributed by atoms with Gasteiger partial charge in [0, 0.05) is 17.3 Å². The van der Waals surface area contributed by atoms with Crippen LogP contribution in [0.2, 0.25) is 0 Å². The first kappa shape index (κ1) is 19.2. The summed E-state index contributed by atoms with van der Waals surface area (Å²) < 4.78 is 32.5. The summed E-state index contributed by atoms with van der Waals surface area (Å²) in [4.78, 5) is 12.5. The van der Waals surface area contributed by atoms with E-state index in [0.29, 0.717) is 17.0 Å². The minimum atomic E-state index is -3.70. The van der Waals surface area contributed by atoms with E-state index in [2.05, 4.69) is 10.0 Å². The molecular weight excluding hydrogens is 364 g/mol. The van der Waals surface area contributed by atoms with E-state index in [-0.39, 0.29) is 16.8 Å². The molecule has 0 bridgehead atoms. The zero-order valence-electron chi connectivity index (χ0n) is 15.3. The Morgan fingerprint density at radius 2 is 1.59 bits per heavy atom. The Labute approximate surface area is 160 Å². The number of carbonyl (C=O) groups is 1. The Bertz CT molecular complexity index is 871. The van der Waals surface area contributed by atoms with Gasteiger partial charge >= 0.3 is 0 Å². The van der Waals surface area contributed by atoms with Gasteiger partial charge in [-0.3, -0.25) is 9.52 Å². The molecule has 27 heavy (non-hydrogen) atoms. The van der Waals surface area contributed by atoms with Gasteiger partial charge in [0.15, 0.2) is 0 Å². The summed E-state index contributed by atoms with van der Waals surface area (Å²) in [6, 6.07) is 12.8. The van der Waals surface area contributed by atoms with E-state index in [4.69, 9.17) is 4.74 Å². The third-order valence-electron chi connectivity index (χ3n) is 4.71. The van der Waals surface area contributed by atoms with Crippen molar-refractivity contribution in [3.8, 4) is 5.75 Å². The predicted octanol–water partition coefficient (Wildman–Crippen LogP) is 3.56. The molecule has 2 aromatic carbocycles. The molecule has 6 nitrogen and oxygen atoms in total. The number of hydrogen-bond acceptors (Lipinski definition) is 4. The van der Waals surface area contributed by atoms with Crippen molar-refractivity contribution in [3.63, 3.8) is 0 Å². The highest BCUT2D eigenvalue weighted by Gasteiger charge is 2.17. The number of amides is 1. The monoisotopic (exact) mass is 388 g/mol. The molecule has 2 N–H and O–H groups in total. The summed E-state index contributed by atoms with van der Waals surface area (Å²) >= 11 is 0. The first-order valence-electron chi connectivity index (χ1n) is 9.06. The van der Waals surface area contributed by atoms with Crippen molar-refractivity contribution in [2.75, 3.05) is 11.8 Å². The minimum Gasteiger partial charge on any atom is -0.497 e. The highest BCUT2D eigenvalue weighted by Crippen LogP contribution is 2.20. The highest BCUT2D eigenvalue weighted by atomic mass is 32.2. The lowest BCUT2D eigenvalue weighted by Crippen LogP contribution is -2.36. The minimum absolute atomic E-state index is 0.119. The molecule has 1 fully saturated rings. The van der Waals surface area contributed by atoms with Crippen LogP contribution in [0.3, 0.4) is 0 Å². The number of nitrogens with one attached hydrogen (secondary N) is 2. The van der Waals surface area contributed by atoms with Gasteiger partial charge in [-0.25, -0.2) is 8.42 Å². The smallest absolute Gasteiger partial charge is 0.261 e. The molecule has 1 aliphatic carbocycles. The van der Waals surface area contributed by atoms with Crippen LogP contribution in [0.5, 0.6) is 5.75 Å². The lowest BCUT2D eigenvalue weighted by Gasteiger charge is -2.22. The van der Waals surface area contributed by atoms with Gasteiger partial charge in [-0.2, -0.15) is 0 Å². The molecule has 144 valence electrons. The third kappa shape index (κ3) is 5.01. The van der Waals surface area contributed by atoms with E-state index in [0.717, 1.165) is 25.7 Å². The van der Waals surface area contributed by atoms with Crippen LogP contribution in [0, 0.1) is 0 Å². The van der Waals surface area contributed by atoms with Crippen LogP contribution in [0.1, 0.15) is 42.5 Å². The maximum Gasteiger partial charge on any atom is 0.261 e. The van der Waals surface area contributed by atoms with Gasteiger partial charge in [0.2, 0.25) is 0 Å². The Morgan fingerprint density at radius 1 is 0.963 bits per heavy atom. The van der Waals surface area contributed by atoms with Crippen LogP contribution in [-0.2, 0) is 10.0 Å². The molecule has 1 amide bonds. The highest BCUT2D eigenvalue weighted by molar-refractivity contribution is 7.92. The van der Waals surface area contributed by atoms with Gasteiger partial charge < -0.3 is 10.1 Å². The molecule has 0 radical (unpaired) electrons. The predicted molar refractivity (Wildman–Crippen MR) is 105 cm³/mol. The second kappa shape index (κ2) is 8.43. The molecule has 7 heteroatoms. The van der Waals surface area contributed by atoms with Gasteiger partial charge in [-0.05, 0) is 61.4 Å². The average molecular weight is 388 g/mol. The lowest BCUT2D eigenvalue weighted by atomic mass is 9.95. The number of hydrogen-bond donors (Lipinski definition) is 2. The van der Waals surface area contributed by atoms with E-state index in [1.54, 1.807) is 36.4 Å². The fourth-order valence-electron chi connectivity index (χ4n) is 3.17. The van der Waals surface area contributed by atoms with Crippen molar-refractivity contribution in [3.05, 3.63) is 54.1 Å². The number of methoxy groups -OCH3 is 1. The molecule has 0 saturated heterocycles. The van der Waals surface area contributed by atoms with Crippen molar-refractivity contribution in [2.24, 2.45) is 0 Å². The Hall–Kier alpha value is -2.54. The zero-order chi connectivity index (χ0) is 19.3. The summed E-state index contributed by atoms with van der Waals surface area (Å²) in [6.45, 7) is 0. The molecule has 0 aliphatic heterocycles. The van der Waals surface area contributed by atoms with Crippen molar-refractivity contribution in [1.82, 2.24) is 5.32 Å². The first-order chi connectivity index (χ1) is 13.0. The summed E-state index contributed by atoms with van der Waals surface area (Å²) in [5.41, 5.74) is 0.924. The molecule has 0 spiro atoms. The first-order valence-corrected chi connectivity index (χ1v) is 10.5. The molecule has 0 aromatic heterocycles. The number of carbonyl (C=O) groups excluding carboxylic acids is 1. The van der Waals surface area contributed by atoms with E-state index < -0.39 is 10.0 Å². The van der Waals surface area contributed by atoms with Crippen molar-refractivity contribution in [1.29, 1.82) is 0 Å². The maximum atomic E-state index is 12.5. The Morgan fingerprint density at radius 3 is 2.19 bits per heavy atom. The molecule has 0 atom stereocenters. The van der Waals surface area contributed by atoms with Gasteiger partial charge in [0.05, 0.1) is 12.0 Å². The van der Waals surface area contributed by atoms with Gasteiger partial charge in [-0.1, -0.05) is 19.3 Å². The Kier molecular flexibility index (Phi) is 6.01. The number of sulfonamides is 1. The lowest BCUT2D eigenvalue weighted by molar-refractivity contribution is 0.0927. The second-order valence-electron chi connectivity index (χ2n) is 6.67. The molecule has 1 aliphatic rings. The van der Waals surface area contributed by atoms with Gasteiger partial charge in [0.1, 0.15) is 5.75 Å². The van der Waals surface area contributed by atoms with E-state index in [1.165, 1.54) is 25.7 Å². The van der Waals surface area contributed by atoms with E-state index in [9.17, 15) is 13.2 Å². The average Bonchev–Trinajstić information content (AvgIpc) is 2.69. The maximum absolute atomic E-state index is 12.5. The van der Waals surface area contributed by atoms with Gasteiger partial charge in [0.25, 0.3) is 15.9 Å². The largest absolute Gasteiger partial charge is 0.497 e. The van der Waals surface area contributed by atoms with Crippen molar-refractivity contribution >= 4 is 21.6 Å². The number of ether oxygens (including phenoxy) is 1. The van der Waals surface area contributed by atoms with E-state index >= 15 is 0 Å². The quantitative estimate of drug-likeness (QED) is 0.792. The fraction of sp³-hybridized carbons (Fsp3) is 0.350. The molecule has 2 aromatic rings. The fourth-order valence-corrected chi connectivity index (χ4v) is 4.23. The summed E-state index contributed by atoms with van der Waals surface area (Å²) in [7, 11) is -2.18. The Balaban J connectivity index is 1.64. The summed E-state index contributed by atoms with van der Waals surface area (Å²) in [5, 5.41) is 3.05. The van der Waals surface area contributed by atoms with Crippen LogP contribution in [-0.4, -0.2) is 27.5 Å². The number of benzene rings is 2. The standard InChI is InChI=1S/C20H24N2O4S/c1-26-18-11-13-19(14-12-18)27(24,25)22-17-9-7-15(8-10-17)20(23)21-16-5-3-2-4-6-16/h7-14,16,22H,2-6H2,1H3,(H,21,23). The summed E-state index contributed by atoms with van der Waals surface area (Å²) in [5.74, 6) is 0.466. The molecule has 1 saturated carbocycles. The second-order valence-corrected chi connectivity index (χ2v) is 8.35. The molecular formula is C20H24N2O4S. The molecule has 0 heterocycles. The number of anilines is 1. The van der Waals surface area contributed by atoms with Crippen molar-refractivity contribution in [2.45, 2.75) is 43.0 Å². The van der Waals surface area contributed by atoms with Crippen LogP contribution < -0.4 is 14.8 Å². The van der Waals surface area contributed by atoms with Crippen LogP contribution in [0.15, 0.2) is 53.4 Å².